The summed E-state index contributed by atoms with van der Waals surface area (Å²) < 4.78 is 41.5. The maximum atomic E-state index is 12.4. The van der Waals surface area contributed by atoms with Gasteiger partial charge in [0.2, 0.25) is 0 Å². The molecule has 0 radical (unpaired) electrons. The number of hydrogen-bond acceptors (Lipinski definition) is 5. The van der Waals surface area contributed by atoms with Gasteiger partial charge in [0.1, 0.15) is 5.60 Å². The summed E-state index contributed by atoms with van der Waals surface area (Å²) in [5.74, 6) is 0. The van der Waals surface area contributed by atoms with Gasteiger partial charge in [-0.15, -0.1) is 0 Å². The number of aromatic nitrogens is 1. The first-order valence-corrected chi connectivity index (χ1v) is 7.41. The Hall–Kier alpha value is -1.60. The predicted octanol–water partition coefficient (Wildman–Crippen LogP) is 1.93. The summed E-state index contributed by atoms with van der Waals surface area (Å²) >= 11 is 0. The van der Waals surface area contributed by atoms with Gasteiger partial charge in [0.15, 0.2) is 0 Å². The number of carbonyl (C=O) groups excluding carboxylic acids is 1. The van der Waals surface area contributed by atoms with Crippen LogP contribution in [0.1, 0.15) is 52.6 Å². The van der Waals surface area contributed by atoms with Crippen molar-refractivity contribution in [1.82, 2.24) is 4.57 Å². The monoisotopic (exact) mass is 324 g/mol. The van der Waals surface area contributed by atoms with Crippen LogP contribution in [0, 0.1) is 0 Å². The van der Waals surface area contributed by atoms with E-state index in [2.05, 4.69) is 0 Å². The van der Waals surface area contributed by atoms with E-state index in [1.54, 1.807) is 48.5 Å². The highest BCUT2D eigenvalue weighted by molar-refractivity contribution is 6.62. The molecule has 126 valence electrons. The SMILES string of the molecule is [2H]c1c(B2OC(C)(C)C(C)(C)O2)c([2H])n(C(=O)OC(C)(C)C)c(=O)c1[2H]. The van der Waals surface area contributed by atoms with Crippen molar-refractivity contribution in [1.29, 1.82) is 0 Å². The lowest BCUT2D eigenvalue weighted by Gasteiger charge is -2.32. The van der Waals surface area contributed by atoms with E-state index in [0.29, 0.717) is 4.57 Å². The van der Waals surface area contributed by atoms with Crippen molar-refractivity contribution in [3.63, 3.8) is 0 Å². The average Bonchev–Trinajstić information content (AvgIpc) is 2.62. The van der Waals surface area contributed by atoms with Gasteiger partial charge in [-0.05, 0) is 53.9 Å². The normalized spacial score (nSPS) is 21.5. The molecule has 0 spiro atoms. The summed E-state index contributed by atoms with van der Waals surface area (Å²) in [4.78, 5) is 24.7. The largest absolute Gasteiger partial charge is 0.496 e. The molecule has 6 nitrogen and oxygen atoms in total. The number of hydrogen-bond donors (Lipinski definition) is 0. The second kappa shape index (κ2) is 5.49. The third kappa shape index (κ3) is 3.67. The highest BCUT2D eigenvalue weighted by atomic mass is 16.7. The maximum absolute atomic E-state index is 12.4. The van der Waals surface area contributed by atoms with E-state index in [4.69, 9.17) is 18.2 Å². The smallest absolute Gasteiger partial charge is 0.443 e. The summed E-state index contributed by atoms with van der Waals surface area (Å²) in [5, 5.41) is 0. The van der Waals surface area contributed by atoms with Gasteiger partial charge in [0, 0.05) is 12.2 Å². The summed E-state index contributed by atoms with van der Waals surface area (Å²) in [7, 11) is -1.15. The Morgan fingerprint density at radius 1 is 1.22 bits per heavy atom. The fourth-order valence-corrected chi connectivity index (χ4v) is 1.88. The van der Waals surface area contributed by atoms with E-state index in [0.717, 1.165) is 0 Å². The van der Waals surface area contributed by atoms with Crippen LogP contribution in [0.5, 0.6) is 0 Å². The number of nitrogens with zero attached hydrogens (tertiary/aromatic N) is 1. The van der Waals surface area contributed by atoms with Crippen molar-refractivity contribution >= 4 is 18.7 Å². The van der Waals surface area contributed by atoms with Crippen LogP contribution in [0.4, 0.5) is 4.79 Å². The number of rotatable bonds is 1. The quantitative estimate of drug-likeness (QED) is 0.739. The van der Waals surface area contributed by atoms with Crippen molar-refractivity contribution in [3.05, 3.63) is 28.6 Å². The standard InChI is InChI=1S/C16H24BNO5/c1-14(2,3)21-13(20)18-10-11(8-9-12(18)19)17-22-15(4,5)16(6,7)23-17/h8-10H,1-7H3/i8D,9D,10D. The van der Waals surface area contributed by atoms with Crippen molar-refractivity contribution in [3.8, 4) is 0 Å². The summed E-state index contributed by atoms with van der Waals surface area (Å²) in [6.45, 7) is 12.1. The Bertz CT molecular complexity index is 798. The first-order valence-electron chi connectivity index (χ1n) is 8.91. The Morgan fingerprint density at radius 3 is 2.22 bits per heavy atom. The van der Waals surface area contributed by atoms with Gasteiger partial charge < -0.3 is 14.0 Å². The van der Waals surface area contributed by atoms with Gasteiger partial charge in [-0.2, -0.15) is 0 Å². The van der Waals surface area contributed by atoms with Crippen LogP contribution in [0.2, 0.25) is 0 Å². The third-order valence-electron chi connectivity index (χ3n) is 3.80. The second-order valence-corrected chi connectivity index (χ2v) is 7.48. The zero-order valence-corrected chi connectivity index (χ0v) is 14.6. The van der Waals surface area contributed by atoms with Crippen molar-refractivity contribution in [2.75, 3.05) is 0 Å². The maximum Gasteiger partial charge on any atom is 0.496 e. The molecule has 0 unspecified atom stereocenters. The average molecular weight is 324 g/mol. The molecule has 1 saturated heterocycles. The van der Waals surface area contributed by atoms with E-state index in [1.165, 1.54) is 0 Å². The molecule has 0 aromatic carbocycles. The molecule has 1 aliphatic rings. The second-order valence-electron chi connectivity index (χ2n) is 7.48. The van der Waals surface area contributed by atoms with E-state index >= 15 is 0 Å². The molecule has 1 aromatic heterocycles. The fraction of sp³-hybridized carbons (Fsp3) is 0.625. The molecule has 23 heavy (non-hydrogen) atoms. The highest BCUT2D eigenvalue weighted by Gasteiger charge is 2.51. The number of carbonyl (C=O) groups is 1. The van der Waals surface area contributed by atoms with Crippen LogP contribution >= 0.6 is 0 Å². The van der Waals surface area contributed by atoms with E-state index in [-0.39, 0.29) is 5.46 Å². The zero-order chi connectivity index (χ0) is 20.2. The van der Waals surface area contributed by atoms with Crippen LogP contribution in [0.25, 0.3) is 0 Å². The lowest BCUT2D eigenvalue weighted by Crippen LogP contribution is -2.41. The Balaban J connectivity index is 2.63. The molecule has 0 N–H and O–H groups in total. The Morgan fingerprint density at radius 2 is 1.74 bits per heavy atom. The molecule has 0 atom stereocenters. The number of ether oxygens (including phenoxy) is 1. The number of pyridine rings is 1. The predicted molar refractivity (Wildman–Crippen MR) is 88.1 cm³/mol. The van der Waals surface area contributed by atoms with Gasteiger partial charge in [0.05, 0.1) is 15.3 Å². The molecule has 1 fully saturated rings. The lowest BCUT2D eigenvalue weighted by atomic mass is 9.80. The molecule has 0 bridgehead atoms. The fourth-order valence-electron chi connectivity index (χ4n) is 1.88. The third-order valence-corrected chi connectivity index (χ3v) is 3.80. The summed E-state index contributed by atoms with van der Waals surface area (Å²) in [6, 6.07) is -1.23. The first kappa shape index (κ1) is 13.8. The Kier molecular flexibility index (Phi) is 3.30. The van der Waals surface area contributed by atoms with Gasteiger partial charge >= 0.3 is 13.2 Å². The van der Waals surface area contributed by atoms with Gasteiger partial charge in [-0.3, -0.25) is 4.79 Å². The topological polar surface area (TPSA) is 66.8 Å². The molecule has 1 aliphatic heterocycles. The van der Waals surface area contributed by atoms with E-state index < -0.39 is 53.8 Å². The molecular formula is C16H24BNO5. The van der Waals surface area contributed by atoms with Crippen LogP contribution in [-0.2, 0) is 14.0 Å². The van der Waals surface area contributed by atoms with Crippen LogP contribution in [0.3, 0.4) is 0 Å². The molecule has 0 amide bonds. The van der Waals surface area contributed by atoms with Crippen LogP contribution < -0.4 is 11.0 Å². The Labute approximate surface area is 141 Å². The minimum atomic E-state index is -1.15. The highest BCUT2D eigenvalue weighted by Crippen LogP contribution is 2.36. The summed E-state index contributed by atoms with van der Waals surface area (Å²) in [5.41, 5.74) is -3.62. The van der Waals surface area contributed by atoms with E-state index in [1.807, 2.05) is 0 Å². The van der Waals surface area contributed by atoms with Crippen molar-refractivity contribution in [2.45, 2.75) is 65.3 Å². The van der Waals surface area contributed by atoms with Crippen molar-refractivity contribution in [2.24, 2.45) is 0 Å². The lowest BCUT2D eigenvalue weighted by molar-refractivity contribution is 0.00578. The minimum absolute atomic E-state index is 0.154. The van der Waals surface area contributed by atoms with E-state index in [9.17, 15) is 9.59 Å². The molecule has 0 aliphatic carbocycles. The van der Waals surface area contributed by atoms with Crippen LogP contribution in [-0.4, -0.2) is 34.6 Å². The molecule has 2 rings (SSSR count). The molecule has 2 heterocycles. The summed E-state index contributed by atoms with van der Waals surface area (Å²) in [6.07, 6.45) is -1.66. The zero-order valence-electron chi connectivity index (χ0n) is 17.6. The molecule has 7 heteroatoms. The first-order chi connectivity index (χ1) is 11.6. The molecule has 0 saturated carbocycles. The van der Waals surface area contributed by atoms with Gasteiger partial charge in [-0.1, -0.05) is 6.04 Å². The van der Waals surface area contributed by atoms with Crippen molar-refractivity contribution < 1.29 is 23.0 Å². The molecule has 1 aromatic rings. The molecular weight excluding hydrogens is 297 g/mol. The van der Waals surface area contributed by atoms with Gasteiger partial charge in [0.25, 0.3) is 5.56 Å². The van der Waals surface area contributed by atoms with Gasteiger partial charge in [-0.25, -0.2) is 9.36 Å². The van der Waals surface area contributed by atoms with Crippen LogP contribution in [0.15, 0.2) is 23.1 Å². The minimum Gasteiger partial charge on any atom is -0.443 e.